The molecule has 3 aromatic heterocycles. The molecule has 0 fully saturated rings. The number of thioether (sulfide) groups is 1. The second-order valence-electron chi connectivity index (χ2n) is 5.40. The quantitative estimate of drug-likeness (QED) is 0.491. The number of aromatic nitrogens is 4. The maximum atomic E-state index is 5.31. The molecule has 0 aliphatic heterocycles. The van der Waals surface area contributed by atoms with Gasteiger partial charge in [-0.15, -0.1) is 11.8 Å². The summed E-state index contributed by atoms with van der Waals surface area (Å²) in [6.07, 6.45) is 0. The van der Waals surface area contributed by atoms with Crippen molar-refractivity contribution in [1.82, 2.24) is 20.3 Å². The number of nitrogens with zero attached hydrogens (tertiary/aromatic N) is 4. The lowest BCUT2D eigenvalue weighted by atomic mass is 10.1. The summed E-state index contributed by atoms with van der Waals surface area (Å²) in [6.45, 7) is 2.05. The summed E-state index contributed by atoms with van der Waals surface area (Å²) in [4.78, 5) is 8.81. The Balaban J connectivity index is 1.34. The molecule has 25 heavy (non-hydrogen) atoms. The average Bonchev–Trinajstić information content (AvgIpc) is 3.37. The van der Waals surface area contributed by atoms with Crippen LogP contribution in [0.15, 0.2) is 50.1 Å². The van der Waals surface area contributed by atoms with Crippen LogP contribution in [0.2, 0.25) is 0 Å². The molecule has 3 heterocycles. The van der Waals surface area contributed by atoms with E-state index < -0.39 is 0 Å². The SMILES string of the molecule is Cc1ccc(-c2noc(CSCc3noc(-c4ccsc4)n3)n2)cc1. The van der Waals surface area contributed by atoms with Crippen molar-refractivity contribution in [2.75, 3.05) is 0 Å². The Kier molecular flexibility index (Phi) is 4.62. The Morgan fingerprint density at radius 2 is 1.84 bits per heavy atom. The minimum absolute atomic E-state index is 0.552. The molecular formula is C17H14N4O2S2. The third-order valence-electron chi connectivity index (χ3n) is 3.47. The first-order chi connectivity index (χ1) is 12.3. The van der Waals surface area contributed by atoms with Gasteiger partial charge >= 0.3 is 0 Å². The van der Waals surface area contributed by atoms with Crippen molar-refractivity contribution in [1.29, 1.82) is 0 Å². The summed E-state index contributed by atoms with van der Waals surface area (Å²) in [6, 6.07) is 9.99. The van der Waals surface area contributed by atoms with E-state index in [1.165, 1.54) is 5.56 Å². The fraction of sp³-hybridized carbons (Fsp3) is 0.176. The molecule has 126 valence electrons. The topological polar surface area (TPSA) is 77.8 Å². The Morgan fingerprint density at radius 1 is 0.960 bits per heavy atom. The lowest BCUT2D eigenvalue weighted by molar-refractivity contribution is 0.391. The van der Waals surface area contributed by atoms with E-state index in [1.807, 2.05) is 48.0 Å². The second-order valence-corrected chi connectivity index (χ2v) is 7.16. The molecule has 4 aromatic rings. The zero-order chi connectivity index (χ0) is 17.1. The first-order valence-electron chi connectivity index (χ1n) is 7.60. The highest BCUT2D eigenvalue weighted by molar-refractivity contribution is 7.97. The zero-order valence-electron chi connectivity index (χ0n) is 13.4. The maximum absolute atomic E-state index is 5.31. The highest BCUT2D eigenvalue weighted by atomic mass is 32.2. The fourth-order valence-corrected chi connectivity index (χ4v) is 3.50. The first kappa shape index (κ1) is 16.0. The van der Waals surface area contributed by atoms with Gasteiger partial charge in [0.2, 0.25) is 11.7 Å². The predicted octanol–water partition coefficient (Wildman–Crippen LogP) is 4.59. The summed E-state index contributed by atoms with van der Waals surface area (Å²) in [5, 5.41) is 12.0. The Labute approximate surface area is 152 Å². The van der Waals surface area contributed by atoms with Crippen molar-refractivity contribution < 1.29 is 9.05 Å². The molecule has 4 rings (SSSR count). The van der Waals surface area contributed by atoms with Crippen molar-refractivity contribution in [2.45, 2.75) is 18.4 Å². The molecule has 0 N–H and O–H groups in total. The molecule has 0 saturated heterocycles. The third-order valence-corrected chi connectivity index (χ3v) is 5.07. The smallest absolute Gasteiger partial charge is 0.258 e. The average molecular weight is 370 g/mol. The first-order valence-corrected chi connectivity index (χ1v) is 9.70. The second kappa shape index (κ2) is 7.20. The lowest BCUT2D eigenvalue weighted by Gasteiger charge is -1.94. The number of rotatable bonds is 6. The van der Waals surface area contributed by atoms with Crippen LogP contribution in [0, 0.1) is 6.92 Å². The summed E-state index contributed by atoms with van der Waals surface area (Å²) in [5.41, 5.74) is 3.10. The molecule has 0 spiro atoms. The minimum atomic E-state index is 0.552. The van der Waals surface area contributed by atoms with Crippen molar-refractivity contribution in [3.63, 3.8) is 0 Å². The van der Waals surface area contributed by atoms with Gasteiger partial charge in [-0.3, -0.25) is 0 Å². The van der Waals surface area contributed by atoms with Crippen molar-refractivity contribution in [2.24, 2.45) is 0 Å². The van der Waals surface area contributed by atoms with Gasteiger partial charge in [-0.2, -0.15) is 21.3 Å². The Hall–Kier alpha value is -2.45. The van der Waals surface area contributed by atoms with Crippen LogP contribution in [0.5, 0.6) is 0 Å². The molecule has 0 amide bonds. The maximum Gasteiger partial charge on any atom is 0.258 e. The zero-order valence-corrected chi connectivity index (χ0v) is 15.0. The van der Waals surface area contributed by atoms with Gasteiger partial charge in [0.05, 0.1) is 17.1 Å². The molecule has 0 aliphatic carbocycles. The normalized spacial score (nSPS) is 11.1. The van der Waals surface area contributed by atoms with Gasteiger partial charge in [-0.1, -0.05) is 40.1 Å². The van der Waals surface area contributed by atoms with Crippen LogP contribution >= 0.6 is 23.1 Å². The van der Waals surface area contributed by atoms with Gasteiger partial charge < -0.3 is 9.05 Å². The van der Waals surface area contributed by atoms with Crippen LogP contribution in [0.4, 0.5) is 0 Å². The molecule has 0 saturated carbocycles. The van der Waals surface area contributed by atoms with Crippen LogP contribution in [-0.2, 0) is 11.5 Å². The fourth-order valence-electron chi connectivity index (χ4n) is 2.18. The van der Waals surface area contributed by atoms with Crippen molar-refractivity contribution in [3.8, 4) is 22.8 Å². The largest absolute Gasteiger partial charge is 0.338 e. The number of hydrogen-bond donors (Lipinski definition) is 0. The van der Waals surface area contributed by atoms with Gasteiger partial charge in [-0.25, -0.2) is 0 Å². The van der Waals surface area contributed by atoms with E-state index in [1.54, 1.807) is 23.1 Å². The van der Waals surface area contributed by atoms with E-state index in [4.69, 9.17) is 9.05 Å². The van der Waals surface area contributed by atoms with Crippen molar-refractivity contribution >= 4 is 23.1 Å². The molecule has 0 aliphatic rings. The van der Waals surface area contributed by atoms with Crippen LogP contribution in [-0.4, -0.2) is 20.3 Å². The summed E-state index contributed by atoms with van der Waals surface area (Å²) >= 11 is 3.20. The molecule has 0 atom stereocenters. The van der Waals surface area contributed by atoms with E-state index in [9.17, 15) is 0 Å². The van der Waals surface area contributed by atoms with E-state index in [2.05, 4.69) is 20.3 Å². The Morgan fingerprint density at radius 3 is 2.64 bits per heavy atom. The number of hydrogen-bond acceptors (Lipinski definition) is 8. The third kappa shape index (κ3) is 3.80. The number of benzene rings is 1. The predicted molar refractivity (Wildman–Crippen MR) is 97.1 cm³/mol. The molecule has 6 nitrogen and oxygen atoms in total. The molecule has 8 heteroatoms. The van der Waals surface area contributed by atoms with E-state index >= 15 is 0 Å². The van der Waals surface area contributed by atoms with E-state index in [-0.39, 0.29) is 0 Å². The van der Waals surface area contributed by atoms with Crippen LogP contribution in [0.25, 0.3) is 22.8 Å². The highest BCUT2D eigenvalue weighted by Crippen LogP contribution is 2.23. The van der Waals surface area contributed by atoms with Gasteiger partial charge in [-0.05, 0) is 18.4 Å². The number of thiophene rings is 1. The molecule has 0 bridgehead atoms. The van der Waals surface area contributed by atoms with Crippen LogP contribution in [0.1, 0.15) is 17.3 Å². The molecular weight excluding hydrogens is 356 g/mol. The van der Waals surface area contributed by atoms with E-state index in [0.717, 1.165) is 11.1 Å². The standard InChI is InChI=1S/C17H14N4O2S2/c1-11-2-4-12(5-3-11)16-19-15(22-21-16)10-25-9-14-18-17(23-20-14)13-6-7-24-8-13/h2-8H,9-10H2,1H3. The Bertz CT molecular complexity index is 945. The van der Waals surface area contributed by atoms with Crippen LogP contribution in [0.3, 0.4) is 0 Å². The molecule has 0 radical (unpaired) electrons. The molecule has 1 aromatic carbocycles. The van der Waals surface area contributed by atoms with Crippen molar-refractivity contribution in [3.05, 3.63) is 58.4 Å². The number of aryl methyl sites for hydroxylation is 1. The van der Waals surface area contributed by atoms with Crippen LogP contribution < -0.4 is 0 Å². The summed E-state index contributed by atoms with van der Waals surface area (Å²) in [5.74, 6) is 3.62. The van der Waals surface area contributed by atoms with Gasteiger partial charge in [0.25, 0.3) is 5.89 Å². The minimum Gasteiger partial charge on any atom is -0.338 e. The highest BCUT2D eigenvalue weighted by Gasteiger charge is 2.11. The van der Waals surface area contributed by atoms with Gasteiger partial charge in [0.1, 0.15) is 0 Å². The summed E-state index contributed by atoms with van der Waals surface area (Å²) < 4.78 is 10.6. The van der Waals surface area contributed by atoms with Gasteiger partial charge in [0, 0.05) is 10.9 Å². The molecule has 0 unspecified atom stereocenters. The monoisotopic (exact) mass is 370 g/mol. The lowest BCUT2D eigenvalue weighted by Crippen LogP contribution is -1.87. The van der Waals surface area contributed by atoms with E-state index in [0.29, 0.717) is 34.9 Å². The summed E-state index contributed by atoms with van der Waals surface area (Å²) in [7, 11) is 0. The van der Waals surface area contributed by atoms with Gasteiger partial charge in [0.15, 0.2) is 5.82 Å².